The summed E-state index contributed by atoms with van der Waals surface area (Å²) in [6.45, 7) is 0.992. The third-order valence-corrected chi connectivity index (χ3v) is 2.79. The number of para-hydroxylation sites is 1. The fraction of sp³-hybridized carbons (Fsp3) is 0.214. The molecule has 21 heavy (non-hydrogen) atoms. The summed E-state index contributed by atoms with van der Waals surface area (Å²) in [6.07, 6.45) is 3.34. The van der Waals surface area contributed by atoms with E-state index in [4.69, 9.17) is 5.11 Å². The summed E-state index contributed by atoms with van der Waals surface area (Å²) in [6, 6.07) is 8.25. The van der Waals surface area contributed by atoms with Gasteiger partial charge in [0.2, 0.25) is 0 Å². The van der Waals surface area contributed by atoms with Crippen molar-refractivity contribution in [2.45, 2.75) is 13.0 Å². The van der Waals surface area contributed by atoms with Crippen LogP contribution in [0.2, 0.25) is 0 Å². The Labute approximate surface area is 121 Å². The highest BCUT2D eigenvalue weighted by Crippen LogP contribution is 2.15. The van der Waals surface area contributed by atoms with E-state index in [2.05, 4.69) is 15.7 Å². The first-order chi connectivity index (χ1) is 10.1. The molecule has 0 unspecified atom stereocenters. The van der Waals surface area contributed by atoms with Gasteiger partial charge in [-0.1, -0.05) is 18.2 Å². The van der Waals surface area contributed by atoms with Gasteiger partial charge in [-0.2, -0.15) is 5.10 Å². The Morgan fingerprint density at radius 3 is 2.76 bits per heavy atom. The number of urea groups is 1. The molecule has 0 aliphatic rings. The molecule has 0 fully saturated rings. The van der Waals surface area contributed by atoms with Gasteiger partial charge >= 0.3 is 12.0 Å². The molecule has 1 aromatic heterocycles. The molecule has 0 aliphatic heterocycles. The topological polar surface area (TPSA) is 96.3 Å². The highest BCUT2D eigenvalue weighted by atomic mass is 16.4. The Morgan fingerprint density at radius 1 is 1.24 bits per heavy atom. The van der Waals surface area contributed by atoms with Gasteiger partial charge in [-0.15, -0.1) is 0 Å². The lowest BCUT2D eigenvalue weighted by molar-refractivity contribution is -0.136. The van der Waals surface area contributed by atoms with Gasteiger partial charge < -0.3 is 15.7 Å². The fourth-order valence-corrected chi connectivity index (χ4v) is 1.84. The molecule has 2 rings (SSSR count). The molecule has 2 amide bonds. The Morgan fingerprint density at radius 2 is 2.05 bits per heavy atom. The number of rotatable bonds is 6. The van der Waals surface area contributed by atoms with Crippen molar-refractivity contribution in [3.8, 4) is 0 Å². The monoisotopic (exact) mass is 288 g/mol. The molecule has 110 valence electrons. The third-order valence-electron chi connectivity index (χ3n) is 2.79. The number of nitrogens with one attached hydrogen (secondary N) is 2. The minimum Gasteiger partial charge on any atom is -0.481 e. The van der Waals surface area contributed by atoms with E-state index < -0.39 is 5.97 Å². The zero-order chi connectivity index (χ0) is 15.1. The van der Waals surface area contributed by atoms with Crippen LogP contribution in [-0.2, 0) is 17.8 Å². The van der Waals surface area contributed by atoms with Crippen LogP contribution in [0.1, 0.15) is 5.56 Å². The summed E-state index contributed by atoms with van der Waals surface area (Å²) in [5, 5.41) is 18.2. The lowest BCUT2D eigenvalue weighted by Gasteiger charge is -2.11. The summed E-state index contributed by atoms with van der Waals surface area (Å²) in [4.78, 5) is 22.6. The second-order valence-corrected chi connectivity index (χ2v) is 4.38. The van der Waals surface area contributed by atoms with E-state index in [0.717, 1.165) is 0 Å². The zero-order valence-corrected chi connectivity index (χ0v) is 11.3. The zero-order valence-electron chi connectivity index (χ0n) is 11.3. The van der Waals surface area contributed by atoms with Crippen LogP contribution in [0.25, 0.3) is 0 Å². The van der Waals surface area contributed by atoms with Crippen LogP contribution in [-0.4, -0.2) is 33.4 Å². The maximum atomic E-state index is 11.8. The maximum absolute atomic E-state index is 11.8. The van der Waals surface area contributed by atoms with Crippen LogP contribution in [0, 0.1) is 0 Å². The number of aromatic nitrogens is 2. The van der Waals surface area contributed by atoms with Crippen molar-refractivity contribution in [2.75, 3.05) is 11.9 Å². The number of nitrogens with zero attached hydrogens (tertiary/aromatic N) is 2. The smallest absolute Gasteiger partial charge is 0.319 e. The van der Waals surface area contributed by atoms with E-state index in [0.29, 0.717) is 24.3 Å². The number of hydrogen-bond acceptors (Lipinski definition) is 3. The average Bonchev–Trinajstić information content (AvgIpc) is 2.93. The standard InChI is InChI=1S/C14H16N4O3/c19-13(20)10-11-4-1-2-5-12(11)17-14(21)15-7-9-18-8-3-6-16-18/h1-6,8H,7,9-10H2,(H,19,20)(H2,15,17,21). The lowest BCUT2D eigenvalue weighted by atomic mass is 10.1. The van der Waals surface area contributed by atoms with Crippen LogP contribution in [0.3, 0.4) is 0 Å². The number of anilines is 1. The van der Waals surface area contributed by atoms with Crippen LogP contribution < -0.4 is 10.6 Å². The van der Waals surface area contributed by atoms with E-state index >= 15 is 0 Å². The van der Waals surface area contributed by atoms with E-state index in [1.807, 2.05) is 12.3 Å². The van der Waals surface area contributed by atoms with Crippen molar-refractivity contribution < 1.29 is 14.7 Å². The van der Waals surface area contributed by atoms with Gasteiger partial charge in [-0.25, -0.2) is 4.79 Å². The number of carboxylic acid groups (broad SMARTS) is 1. The van der Waals surface area contributed by atoms with Crippen LogP contribution >= 0.6 is 0 Å². The van der Waals surface area contributed by atoms with Crippen molar-refractivity contribution >= 4 is 17.7 Å². The van der Waals surface area contributed by atoms with E-state index in [9.17, 15) is 9.59 Å². The number of aliphatic carboxylic acids is 1. The molecule has 0 spiro atoms. The maximum Gasteiger partial charge on any atom is 0.319 e. The summed E-state index contributed by atoms with van der Waals surface area (Å²) in [7, 11) is 0. The van der Waals surface area contributed by atoms with Gasteiger partial charge in [0.05, 0.1) is 13.0 Å². The Hall–Kier alpha value is -2.83. The first kappa shape index (κ1) is 14.6. The molecule has 0 saturated heterocycles. The van der Waals surface area contributed by atoms with Crippen molar-refractivity contribution in [3.63, 3.8) is 0 Å². The summed E-state index contributed by atoms with van der Waals surface area (Å²) >= 11 is 0. The fourth-order valence-electron chi connectivity index (χ4n) is 1.84. The highest BCUT2D eigenvalue weighted by Gasteiger charge is 2.08. The second kappa shape index (κ2) is 7.09. The van der Waals surface area contributed by atoms with E-state index in [1.54, 1.807) is 35.1 Å². The van der Waals surface area contributed by atoms with Crippen LogP contribution in [0.5, 0.6) is 0 Å². The summed E-state index contributed by atoms with van der Waals surface area (Å²) in [5.74, 6) is -0.941. The molecule has 0 saturated carbocycles. The van der Waals surface area contributed by atoms with Crippen molar-refractivity contribution in [1.29, 1.82) is 0 Å². The van der Waals surface area contributed by atoms with Gasteiger partial charge in [0.25, 0.3) is 0 Å². The van der Waals surface area contributed by atoms with Gasteiger partial charge in [-0.3, -0.25) is 9.48 Å². The first-order valence-corrected chi connectivity index (χ1v) is 6.47. The molecule has 7 nitrogen and oxygen atoms in total. The molecule has 7 heteroatoms. The van der Waals surface area contributed by atoms with Crippen molar-refractivity contribution in [3.05, 3.63) is 48.3 Å². The number of amides is 2. The van der Waals surface area contributed by atoms with Gasteiger partial charge in [-0.05, 0) is 17.7 Å². The third kappa shape index (κ3) is 4.64. The lowest BCUT2D eigenvalue weighted by Crippen LogP contribution is -2.32. The van der Waals surface area contributed by atoms with E-state index in [-0.39, 0.29) is 12.5 Å². The number of benzene rings is 1. The minimum absolute atomic E-state index is 0.135. The highest BCUT2D eigenvalue weighted by molar-refractivity contribution is 5.90. The molecule has 2 aromatic rings. The molecular weight excluding hydrogens is 272 g/mol. The van der Waals surface area contributed by atoms with Gasteiger partial charge in [0.1, 0.15) is 0 Å². The quantitative estimate of drug-likeness (QED) is 0.747. The second-order valence-electron chi connectivity index (χ2n) is 4.38. The number of carbonyl (C=O) groups is 2. The van der Waals surface area contributed by atoms with Crippen molar-refractivity contribution in [1.82, 2.24) is 15.1 Å². The normalized spacial score (nSPS) is 10.1. The number of hydrogen-bond donors (Lipinski definition) is 3. The molecule has 0 aliphatic carbocycles. The SMILES string of the molecule is O=C(O)Cc1ccccc1NC(=O)NCCn1cccn1. The van der Waals surface area contributed by atoms with Gasteiger partial charge in [0.15, 0.2) is 0 Å². The Kier molecular flexibility index (Phi) is 4.92. The molecule has 0 bridgehead atoms. The molecule has 0 radical (unpaired) electrons. The predicted octanol–water partition coefficient (Wildman–Crippen LogP) is 1.33. The summed E-state index contributed by atoms with van der Waals surface area (Å²) in [5.41, 5.74) is 1.06. The average molecular weight is 288 g/mol. The molecule has 1 aromatic carbocycles. The Bertz CT molecular complexity index is 610. The number of carboxylic acids is 1. The first-order valence-electron chi connectivity index (χ1n) is 6.47. The molecule has 0 atom stereocenters. The van der Waals surface area contributed by atoms with Crippen LogP contribution in [0.4, 0.5) is 10.5 Å². The molecule has 3 N–H and O–H groups in total. The van der Waals surface area contributed by atoms with Crippen molar-refractivity contribution in [2.24, 2.45) is 0 Å². The Balaban J connectivity index is 1.86. The molecular formula is C14H16N4O3. The number of carbonyl (C=O) groups excluding carboxylic acids is 1. The van der Waals surface area contributed by atoms with E-state index in [1.165, 1.54) is 0 Å². The minimum atomic E-state index is -0.941. The largest absolute Gasteiger partial charge is 0.481 e. The summed E-state index contributed by atoms with van der Waals surface area (Å²) < 4.78 is 1.71. The molecule has 1 heterocycles. The van der Waals surface area contributed by atoms with Gasteiger partial charge in [0, 0.05) is 24.6 Å². The predicted molar refractivity (Wildman–Crippen MR) is 77.0 cm³/mol. The van der Waals surface area contributed by atoms with Crippen LogP contribution in [0.15, 0.2) is 42.7 Å².